The summed E-state index contributed by atoms with van der Waals surface area (Å²) in [5.74, 6) is 1.18. The van der Waals surface area contributed by atoms with E-state index in [1.165, 1.54) is 5.01 Å². The molecule has 1 fully saturated rings. The number of carbonyl (C=O) groups is 2. The summed E-state index contributed by atoms with van der Waals surface area (Å²) in [6.07, 6.45) is 3.51. The fourth-order valence-electron chi connectivity index (χ4n) is 3.77. The first kappa shape index (κ1) is 18.2. The lowest BCUT2D eigenvalue weighted by molar-refractivity contribution is -0.136. The molecule has 1 aromatic heterocycles. The van der Waals surface area contributed by atoms with E-state index in [2.05, 4.69) is 10.4 Å². The second kappa shape index (κ2) is 7.51. The number of carbonyl (C=O) groups excluding carboxylic acids is 2. The van der Waals surface area contributed by atoms with Crippen molar-refractivity contribution in [2.24, 2.45) is 11.0 Å². The van der Waals surface area contributed by atoms with Crippen LogP contribution in [0.1, 0.15) is 42.2 Å². The normalized spacial score (nSPS) is 20.3. The number of thiophene rings is 1. The summed E-state index contributed by atoms with van der Waals surface area (Å²) >= 11 is 1.60. The van der Waals surface area contributed by atoms with Crippen LogP contribution in [0.15, 0.2) is 40.8 Å². The van der Waals surface area contributed by atoms with Crippen LogP contribution in [0, 0.1) is 5.92 Å². The minimum absolute atomic E-state index is 0.0362. The minimum Gasteiger partial charge on any atom is -0.454 e. The molecule has 1 aromatic carbocycles. The van der Waals surface area contributed by atoms with Gasteiger partial charge in [-0.1, -0.05) is 18.6 Å². The molecule has 2 aromatic rings. The SMILES string of the molecule is O=C(NCC(=O)N1N=C(c2cccs2)C[C@@H]1c1ccc2c(c1)OCO2)C1CCC1. The number of hydrogen-bond acceptors (Lipinski definition) is 6. The number of nitrogens with zero attached hydrogens (tertiary/aromatic N) is 2. The Morgan fingerprint density at radius 1 is 1.21 bits per heavy atom. The van der Waals surface area contributed by atoms with Crippen molar-refractivity contribution in [1.82, 2.24) is 10.3 Å². The van der Waals surface area contributed by atoms with Crippen molar-refractivity contribution in [3.63, 3.8) is 0 Å². The fraction of sp³-hybridized carbons (Fsp3) is 0.381. The Morgan fingerprint density at radius 2 is 2.07 bits per heavy atom. The predicted molar refractivity (Wildman–Crippen MR) is 108 cm³/mol. The van der Waals surface area contributed by atoms with Crippen LogP contribution in [0.5, 0.6) is 11.5 Å². The summed E-state index contributed by atoms with van der Waals surface area (Å²) in [6.45, 7) is 0.161. The van der Waals surface area contributed by atoms with E-state index in [1.54, 1.807) is 11.3 Å². The van der Waals surface area contributed by atoms with E-state index in [-0.39, 0.29) is 37.1 Å². The van der Waals surface area contributed by atoms with Crippen LogP contribution in [-0.4, -0.2) is 35.9 Å². The number of benzene rings is 1. The van der Waals surface area contributed by atoms with Crippen LogP contribution in [0.4, 0.5) is 0 Å². The van der Waals surface area contributed by atoms with Crippen LogP contribution < -0.4 is 14.8 Å². The molecule has 0 bridgehead atoms. The molecule has 0 saturated heterocycles. The Bertz CT molecular complexity index is 968. The van der Waals surface area contributed by atoms with Gasteiger partial charge in [-0.25, -0.2) is 5.01 Å². The van der Waals surface area contributed by atoms with Crippen molar-refractivity contribution < 1.29 is 19.1 Å². The number of hydrogen-bond donors (Lipinski definition) is 1. The standard InChI is InChI=1S/C21H21N3O4S/c25-20(11-22-21(26)13-3-1-4-13)24-16(10-15(23-24)19-5-2-8-29-19)14-6-7-17-18(9-14)28-12-27-17/h2,5-9,13,16H,1,3-4,10-12H2,(H,22,26)/t16-/m1/s1. The Morgan fingerprint density at radius 3 is 2.83 bits per heavy atom. The molecule has 3 aliphatic rings. The van der Waals surface area contributed by atoms with Gasteiger partial charge in [0.2, 0.25) is 12.7 Å². The molecule has 29 heavy (non-hydrogen) atoms. The molecule has 1 saturated carbocycles. The van der Waals surface area contributed by atoms with E-state index >= 15 is 0 Å². The molecule has 1 atom stereocenters. The first-order valence-corrected chi connectivity index (χ1v) is 10.7. The number of fused-ring (bicyclic) bond motifs is 1. The summed E-state index contributed by atoms with van der Waals surface area (Å²) in [7, 11) is 0. The highest BCUT2D eigenvalue weighted by molar-refractivity contribution is 7.12. The Kier molecular flexibility index (Phi) is 4.71. The van der Waals surface area contributed by atoms with Crippen LogP contribution in [-0.2, 0) is 9.59 Å². The topological polar surface area (TPSA) is 80.2 Å². The third-order valence-corrected chi connectivity index (χ3v) is 6.56. The molecule has 8 heteroatoms. The fourth-order valence-corrected chi connectivity index (χ4v) is 4.49. The van der Waals surface area contributed by atoms with Gasteiger partial charge in [0, 0.05) is 12.3 Å². The summed E-state index contributed by atoms with van der Waals surface area (Å²) in [4.78, 5) is 26.1. The molecule has 5 rings (SSSR count). The maximum atomic E-state index is 13.0. The predicted octanol–water partition coefficient (Wildman–Crippen LogP) is 3.07. The zero-order chi connectivity index (χ0) is 19.8. The van der Waals surface area contributed by atoms with E-state index in [0.717, 1.165) is 35.4 Å². The summed E-state index contributed by atoms with van der Waals surface area (Å²) in [5.41, 5.74) is 1.81. The molecule has 150 valence electrons. The lowest BCUT2D eigenvalue weighted by atomic mass is 9.85. The third kappa shape index (κ3) is 3.48. The number of nitrogens with one attached hydrogen (secondary N) is 1. The zero-order valence-electron chi connectivity index (χ0n) is 15.8. The molecule has 0 spiro atoms. The van der Waals surface area contributed by atoms with Crippen LogP contribution >= 0.6 is 11.3 Å². The third-order valence-electron chi connectivity index (χ3n) is 5.64. The van der Waals surface area contributed by atoms with E-state index in [9.17, 15) is 9.59 Å². The number of ether oxygens (including phenoxy) is 2. The average molecular weight is 411 g/mol. The highest BCUT2D eigenvalue weighted by Crippen LogP contribution is 2.39. The van der Waals surface area contributed by atoms with Crippen molar-refractivity contribution in [2.45, 2.75) is 31.7 Å². The zero-order valence-corrected chi connectivity index (χ0v) is 16.6. The van der Waals surface area contributed by atoms with E-state index in [0.29, 0.717) is 17.9 Å². The van der Waals surface area contributed by atoms with Crippen molar-refractivity contribution >= 4 is 28.9 Å². The van der Waals surface area contributed by atoms with E-state index in [1.807, 2.05) is 35.7 Å². The molecule has 2 aliphatic heterocycles. The maximum Gasteiger partial charge on any atom is 0.262 e. The average Bonchev–Trinajstić information content (AvgIpc) is 3.43. The van der Waals surface area contributed by atoms with Crippen molar-refractivity contribution in [3.8, 4) is 11.5 Å². The maximum absolute atomic E-state index is 13.0. The first-order valence-electron chi connectivity index (χ1n) is 9.80. The van der Waals surface area contributed by atoms with Gasteiger partial charge in [0.25, 0.3) is 5.91 Å². The molecule has 0 radical (unpaired) electrons. The highest BCUT2D eigenvalue weighted by Gasteiger charge is 2.35. The van der Waals surface area contributed by atoms with E-state index < -0.39 is 0 Å². The largest absolute Gasteiger partial charge is 0.454 e. The Labute approximate surface area is 172 Å². The smallest absolute Gasteiger partial charge is 0.262 e. The molecule has 2 amide bonds. The lowest BCUT2D eigenvalue weighted by Crippen LogP contribution is -2.41. The van der Waals surface area contributed by atoms with E-state index in [4.69, 9.17) is 9.47 Å². The molecular formula is C21H21N3O4S. The van der Waals surface area contributed by atoms with Gasteiger partial charge < -0.3 is 14.8 Å². The van der Waals surface area contributed by atoms with Gasteiger partial charge >= 0.3 is 0 Å². The minimum atomic E-state index is -0.241. The monoisotopic (exact) mass is 411 g/mol. The van der Waals surface area contributed by atoms with Gasteiger partial charge in [0.1, 0.15) is 0 Å². The summed E-state index contributed by atoms with van der Waals surface area (Å²) < 4.78 is 10.9. The van der Waals surface area contributed by atoms with Gasteiger partial charge in [-0.05, 0) is 42.0 Å². The first-order chi connectivity index (χ1) is 14.2. The van der Waals surface area contributed by atoms with Crippen molar-refractivity contribution in [3.05, 3.63) is 46.2 Å². The Balaban J connectivity index is 1.37. The van der Waals surface area contributed by atoms with Gasteiger partial charge in [0.05, 0.1) is 23.2 Å². The quantitative estimate of drug-likeness (QED) is 0.820. The number of rotatable bonds is 5. The lowest BCUT2D eigenvalue weighted by Gasteiger charge is -2.25. The van der Waals surface area contributed by atoms with Gasteiger partial charge in [-0.3, -0.25) is 9.59 Å². The molecular weight excluding hydrogens is 390 g/mol. The Hall–Kier alpha value is -2.87. The summed E-state index contributed by atoms with van der Waals surface area (Å²) in [5, 5.41) is 10.9. The molecule has 1 aliphatic carbocycles. The van der Waals surface area contributed by atoms with Crippen LogP contribution in [0.3, 0.4) is 0 Å². The van der Waals surface area contributed by atoms with Gasteiger partial charge in [-0.15, -0.1) is 11.3 Å². The van der Waals surface area contributed by atoms with Crippen molar-refractivity contribution in [2.75, 3.05) is 13.3 Å². The number of amides is 2. The van der Waals surface area contributed by atoms with Crippen molar-refractivity contribution in [1.29, 1.82) is 0 Å². The van der Waals surface area contributed by atoms with Gasteiger partial charge in [0.15, 0.2) is 11.5 Å². The van der Waals surface area contributed by atoms with Crippen LogP contribution in [0.2, 0.25) is 0 Å². The van der Waals surface area contributed by atoms with Crippen LogP contribution in [0.25, 0.3) is 0 Å². The molecule has 3 heterocycles. The second-order valence-corrected chi connectivity index (χ2v) is 8.39. The molecule has 1 N–H and O–H groups in total. The second-order valence-electron chi connectivity index (χ2n) is 7.44. The number of hydrazone groups is 1. The molecule has 7 nitrogen and oxygen atoms in total. The summed E-state index contributed by atoms with van der Waals surface area (Å²) in [6, 6.07) is 9.45. The highest BCUT2D eigenvalue weighted by atomic mass is 32.1. The van der Waals surface area contributed by atoms with Gasteiger partial charge in [-0.2, -0.15) is 5.10 Å². The molecule has 0 unspecified atom stereocenters.